The largest absolute Gasteiger partial charge is 0.492 e. The lowest BCUT2D eigenvalue weighted by atomic mass is 10.0. The first-order chi connectivity index (χ1) is 63.0. The first-order valence-corrected chi connectivity index (χ1v) is 51.5. The van der Waals surface area contributed by atoms with Crippen molar-refractivity contribution in [1.29, 1.82) is 0 Å². The van der Waals surface area contributed by atoms with Crippen molar-refractivity contribution in [2.24, 2.45) is 0 Å². The first-order valence-electron chi connectivity index (χ1n) is 51.5. The van der Waals surface area contributed by atoms with E-state index in [1.165, 1.54) is 74.5 Å². The Morgan fingerprint density at radius 1 is 0.358 bits per heavy atom. The van der Waals surface area contributed by atoms with Gasteiger partial charge in [-0.05, 0) is 358 Å². The van der Waals surface area contributed by atoms with Gasteiger partial charge in [0.15, 0.2) is 0 Å². The van der Waals surface area contributed by atoms with Crippen molar-refractivity contribution in [3.63, 3.8) is 0 Å². The molecule has 20 nitrogen and oxygen atoms in total. The number of benzene rings is 6. The molecule has 1 aromatic heterocycles. The lowest BCUT2D eigenvalue weighted by molar-refractivity contribution is 0.0786. The summed E-state index contributed by atoms with van der Waals surface area (Å²) in [6.07, 6.45) is 10.7. The highest BCUT2D eigenvalue weighted by molar-refractivity contribution is 5.52. The number of hydrogen-bond acceptors (Lipinski definition) is 19. The minimum Gasteiger partial charge on any atom is -0.492 e. The van der Waals surface area contributed by atoms with Crippen molar-refractivity contribution >= 4 is 22.7 Å². The van der Waals surface area contributed by atoms with Gasteiger partial charge >= 0.3 is 0 Å². The molecule has 0 bridgehead atoms. The number of aromatic nitrogens is 2. The zero-order chi connectivity index (χ0) is 99.3. The van der Waals surface area contributed by atoms with Crippen LogP contribution in [-0.2, 0) is 44.8 Å². The molecule has 0 saturated carbocycles. The number of aryl methyl sites for hydroxylation is 3. The average Bonchev–Trinajstić information content (AvgIpc) is 1.72. The fourth-order valence-corrected chi connectivity index (χ4v) is 17.0. The third-order valence-electron chi connectivity index (χ3n) is 23.4. The van der Waals surface area contributed by atoms with Crippen LogP contribution in [0.3, 0.4) is 0 Å². The maximum atomic E-state index is 5.72. The summed E-state index contributed by atoms with van der Waals surface area (Å²) in [5, 5.41) is 36.0. The molecular weight excluding hydrogens is 1660 g/mol. The molecule has 4 saturated heterocycles. The first kappa shape index (κ1) is 118. The van der Waals surface area contributed by atoms with Gasteiger partial charge in [0.25, 0.3) is 0 Å². The van der Waals surface area contributed by atoms with Crippen molar-refractivity contribution in [2.45, 2.75) is 360 Å². The lowest BCUT2D eigenvalue weighted by Crippen LogP contribution is -2.38. The summed E-state index contributed by atoms with van der Waals surface area (Å²) in [5.41, 5.74) is 17.0. The second-order valence-corrected chi connectivity index (χ2v) is 44.2. The molecule has 0 amide bonds. The van der Waals surface area contributed by atoms with E-state index < -0.39 is 0 Å². The summed E-state index contributed by atoms with van der Waals surface area (Å²) in [6.45, 7) is 89.5. The van der Waals surface area contributed by atoms with E-state index in [4.69, 9.17) is 23.7 Å². The molecule has 8 atom stereocenters. The summed E-state index contributed by atoms with van der Waals surface area (Å²) in [5.74, 6) is 0.952. The number of ether oxygens (including phenoxy) is 5. The van der Waals surface area contributed by atoms with Crippen LogP contribution in [0.4, 0.5) is 22.7 Å². The van der Waals surface area contributed by atoms with Gasteiger partial charge in [0.1, 0.15) is 12.4 Å². The van der Waals surface area contributed by atoms with E-state index in [1.54, 1.807) is 0 Å². The van der Waals surface area contributed by atoms with Gasteiger partial charge in [0, 0.05) is 189 Å². The van der Waals surface area contributed by atoms with Crippen LogP contribution in [0, 0.1) is 6.92 Å². The molecule has 6 aromatic carbocycles. The molecular formula is C114H195N15O5. The molecule has 756 valence electrons. The number of likely N-dealkylation sites (N-methyl/N-ethyl adjacent to an activating group) is 2. The van der Waals surface area contributed by atoms with Gasteiger partial charge in [-0.25, -0.2) is 0 Å². The van der Waals surface area contributed by atoms with E-state index in [0.29, 0.717) is 61.7 Å². The molecule has 4 fully saturated rings. The Morgan fingerprint density at radius 2 is 0.694 bits per heavy atom. The quantitative estimate of drug-likeness (QED) is 0.0166. The van der Waals surface area contributed by atoms with Crippen molar-refractivity contribution in [1.82, 2.24) is 57.6 Å². The van der Waals surface area contributed by atoms with Gasteiger partial charge in [0.05, 0.1) is 50.9 Å². The topological polar surface area (TPSA) is 185 Å². The SMILES string of the molecule is CCN[C@@H]1CCN(c2ccc(C(C)NC(C)(C)C)cc2)C1.CCN[C@H]1CCN(c2ccc(C(C)NC(C)(C)C)cc2)C1.CCO[C@@H]1CCN(c2ccc(C(C)NC(C)(C)C)cc2)C1.CCO[C@H]1CCN(c2ccc(C(C)NC(C)(C)C)cc2)C1.CCc1ccc(OCCNC(C)(C)C)cc1.CCc1cccc(CCOCCNC(C)(C)C)c1.Cc1ccn(CCOCCNC(C)(C)C)n1. The third-order valence-corrected chi connectivity index (χ3v) is 23.4. The number of nitrogens with zero attached hydrogens (tertiary/aromatic N) is 6. The summed E-state index contributed by atoms with van der Waals surface area (Å²) < 4.78 is 30.1. The standard InChI is InChI=1S/2C18H31N3.2C18H30N2O.C16H27NO.C14H23NO.C12H23N3O/c2*1-6-19-16-11-12-21(13-16)17-9-7-15(8-10-17)14(2)20-18(3,4)5;2*1-6-21-17-11-12-20(13-17)16-9-7-15(8-10-16)14(2)19-18(3,4)5;1-5-14-7-6-8-15(13-14)9-11-18-12-10-17-16(2,3)4;1-5-12-6-8-13(9-7-12)16-11-10-15-14(2,3)4;1-11-5-7-15(14-11)8-10-16-9-6-13-12(2,3)4/h2*7-10,14,16,19-20H,6,11-13H2,1-5H3;2*7-10,14,17,19H,6,11-13H2,1-5H3;6-8,13,17H,5,9-12H2,1-4H3;6-9,15H,5,10-11H2,1-4H3;5,7,13H,6,8-10H2,1-4H3/t2*14?,16-;2*14?,17-;;;/m1010.../s1. The summed E-state index contributed by atoms with van der Waals surface area (Å²) in [6, 6.07) is 57.9. The van der Waals surface area contributed by atoms with Crippen LogP contribution in [-0.4, -0.2) is 204 Å². The molecule has 9 N–H and O–H groups in total. The van der Waals surface area contributed by atoms with E-state index >= 15 is 0 Å². The molecule has 11 rings (SSSR count). The zero-order valence-corrected chi connectivity index (χ0v) is 90.7. The summed E-state index contributed by atoms with van der Waals surface area (Å²) in [7, 11) is 0. The van der Waals surface area contributed by atoms with E-state index in [0.717, 1.165) is 168 Å². The Hall–Kier alpha value is -6.99. The van der Waals surface area contributed by atoms with E-state index in [1.807, 2.05) is 36.0 Å². The highest BCUT2D eigenvalue weighted by atomic mass is 16.5. The number of rotatable bonds is 38. The molecule has 7 aromatic rings. The van der Waals surface area contributed by atoms with Crippen molar-refractivity contribution in [2.75, 3.05) is 151 Å². The van der Waals surface area contributed by atoms with Gasteiger partial charge in [-0.2, -0.15) is 5.10 Å². The molecule has 134 heavy (non-hydrogen) atoms. The van der Waals surface area contributed by atoms with Gasteiger partial charge in [-0.1, -0.05) is 113 Å². The van der Waals surface area contributed by atoms with Crippen molar-refractivity contribution < 1.29 is 23.7 Å². The van der Waals surface area contributed by atoms with E-state index in [2.05, 4.69) is 421 Å². The Morgan fingerprint density at radius 3 is 1.01 bits per heavy atom. The van der Waals surface area contributed by atoms with E-state index in [9.17, 15) is 0 Å². The molecule has 4 aliphatic rings. The highest BCUT2D eigenvalue weighted by Gasteiger charge is 2.28. The molecule has 20 heteroatoms. The predicted molar refractivity (Wildman–Crippen MR) is 577 cm³/mol. The van der Waals surface area contributed by atoms with Crippen LogP contribution in [0.15, 0.2) is 158 Å². The number of anilines is 4. The van der Waals surface area contributed by atoms with Gasteiger partial charge in [-0.15, -0.1) is 0 Å². The van der Waals surface area contributed by atoms with Crippen LogP contribution in [0.5, 0.6) is 5.75 Å². The molecule has 0 spiro atoms. The van der Waals surface area contributed by atoms with Crippen molar-refractivity contribution in [3.05, 3.63) is 202 Å². The fourth-order valence-electron chi connectivity index (χ4n) is 17.0. The van der Waals surface area contributed by atoms with Gasteiger partial charge < -0.3 is 91.1 Å². The van der Waals surface area contributed by atoms with Crippen LogP contribution >= 0.6 is 0 Å². The molecule has 0 radical (unpaired) electrons. The van der Waals surface area contributed by atoms with Crippen LogP contribution in [0.2, 0.25) is 0 Å². The maximum absolute atomic E-state index is 5.72. The van der Waals surface area contributed by atoms with Crippen LogP contribution in [0.25, 0.3) is 0 Å². The molecule has 5 heterocycles. The minimum atomic E-state index is 0.137. The predicted octanol–water partition coefficient (Wildman–Crippen LogP) is 22.0. The zero-order valence-electron chi connectivity index (χ0n) is 90.7. The Balaban J connectivity index is 0.000000277. The second kappa shape index (κ2) is 59.4. The second-order valence-electron chi connectivity index (χ2n) is 44.2. The summed E-state index contributed by atoms with van der Waals surface area (Å²) >= 11 is 0. The Labute approximate surface area is 818 Å². The lowest BCUT2D eigenvalue weighted by Gasteiger charge is -2.27. The molecule has 4 aliphatic heterocycles. The third kappa shape index (κ3) is 51.1. The van der Waals surface area contributed by atoms with Crippen LogP contribution < -0.4 is 72.2 Å². The van der Waals surface area contributed by atoms with E-state index in [-0.39, 0.29) is 38.8 Å². The summed E-state index contributed by atoms with van der Waals surface area (Å²) in [4.78, 5) is 9.82. The van der Waals surface area contributed by atoms with Gasteiger partial charge in [-0.3, -0.25) is 4.68 Å². The number of hydrogen-bond donors (Lipinski definition) is 9. The molecule has 0 aliphatic carbocycles. The fraction of sp³-hybridized carbons (Fsp3) is 0.658. The maximum Gasteiger partial charge on any atom is 0.119 e. The Bertz CT molecular complexity index is 3850. The number of nitrogens with one attached hydrogen (secondary N) is 9. The monoisotopic (exact) mass is 1850 g/mol. The minimum absolute atomic E-state index is 0.137. The smallest absolute Gasteiger partial charge is 0.119 e. The average molecular weight is 1860 g/mol. The molecule has 4 unspecified atom stereocenters. The van der Waals surface area contributed by atoms with Crippen molar-refractivity contribution in [3.8, 4) is 5.75 Å². The highest BCUT2D eigenvalue weighted by Crippen LogP contribution is 2.30. The van der Waals surface area contributed by atoms with Crippen LogP contribution in [0.1, 0.15) is 309 Å². The Kier molecular flexibility index (Phi) is 52.1. The normalized spacial score (nSPS) is 17.4. The van der Waals surface area contributed by atoms with Gasteiger partial charge in [0.2, 0.25) is 0 Å².